The number of methoxy groups -OCH3 is 1. The topological polar surface area (TPSA) is 68.3 Å². The summed E-state index contributed by atoms with van der Waals surface area (Å²) in [6, 6.07) is 10.4. The molecular weight excluding hydrogens is 333 g/mol. The molecule has 0 saturated heterocycles. The van der Waals surface area contributed by atoms with Crippen LogP contribution in [0.15, 0.2) is 36.4 Å². The number of alkyl halides is 3. The molecular formula is C14H15F3N2O3S. The van der Waals surface area contributed by atoms with Crippen molar-refractivity contribution in [2.24, 2.45) is 0 Å². The molecule has 0 saturated carbocycles. The third kappa shape index (κ3) is 4.88. The Kier molecular flexibility index (Phi) is 5.23. The quantitative estimate of drug-likeness (QED) is 0.869. The molecule has 0 fully saturated rings. The summed E-state index contributed by atoms with van der Waals surface area (Å²) in [5.74, 6) is -0.508. The molecule has 23 heavy (non-hydrogen) atoms. The number of nitrogens with one attached hydrogen (secondary N) is 1. The van der Waals surface area contributed by atoms with Gasteiger partial charge in [0.25, 0.3) is 0 Å². The first-order chi connectivity index (χ1) is 10.7. The molecule has 1 atom stereocenters. The first-order valence-corrected chi connectivity index (χ1v) is 8.28. The molecule has 1 aromatic heterocycles. The standard InChI is InChI=1S/C14H15F3N2O3S/c1-22-13(14(15,16)17)8-18-23(20,21)9-11-7-6-10-4-2-3-5-12(10)19-11/h2-7,13,18H,8-9H2,1H3. The monoisotopic (exact) mass is 348 g/mol. The van der Waals surface area contributed by atoms with Crippen LogP contribution in [-0.2, 0) is 20.5 Å². The molecule has 2 rings (SSSR count). The Hall–Kier alpha value is -1.71. The van der Waals surface area contributed by atoms with Crippen LogP contribution in [-0.4, -0.2) is 39.3 Å². The van der Waals surface area contributed by atoms with Crippen LogP contribution in [0.5, 0.6) is 0 Å². The van der Waals surface area contributed by atoms with Crippen LogP contribution in [0, 0.1) is 0 Å². The number of hydrogen-bond acceptors (Lipinski definition) is 4. The molecule has 126 valence electrons. The van der Waals surface area contributed by atoms with Crippen LogP contribution >= 0.6 is 0 Å². The lowest BCUT2D eigenvalue weighted by Gasteiger charge is -2.18. The minimum Gasteiger partial charge on any atom is -0.371 e. The maximum Gasteiger partial charge on any atom is 0.415 e. The number of sulfonamides is 1. The third-order valence-corrected chi connectivity index (χ3v) is 4.41. The van der Waals surface area contributed by atoms with Gasteiger partial charge in [-0.1, -0.05) is 24.3 Å². The van der Waals surface area contributed by atoms with Crippen LogP contribution < -0.4 is 4.72 Å². The van der Waals surface area contributed by atoms with Gasteiger partial charge in [0.15, 0.2) is 6.10 Å². The lowest BCUT2D eigenvalue weighted by molar-refractivity contribution is -0.209. The van der Waals surface area contributed by atoms with Crippen LogP contribution in [0.3, 0.4) is 0 Å². The number of fused-ring (bicyclic) bond motifs is 1. The average molecular weight is 348 g/mol. The molecule has 0 aliphatic rings. The van der Waals surface area contributed by atoms with E-state index in [0.29, 0.717) is 5.52 Å². The van der Waals surface area contributed by atoms with E-state index in [4.69, 9.17) is 0 Å². The zero-order valence-electron chi connectivity index (χ0n) is 12.2. The normalized spacial score (nSPS) is 14.1. The summed E-state index contributed by atoms with van der Waals surface area (Å²) in [5.41, 5.74) is 0.863. The lowest BCUT2D eigenvalue weighted by atomic mass is 10.2. The summed E-state index contributed by atoms with van der Waals surface area (Å²) in [5, 5.41) is 0.845. The summed E-state index contributed by atoms with van der Waals surface area (Å²) in [7, 11) is -3.09. The maximum absolute atomic E-state index is 12.5. The van der Waals surface area contributed by atoms with E-state index in [1.807, 2.05) is 16.9 Å². The molecule has 0 bridgehead atoms. The van der Waals surface area contributed by atoms with Crippen molar-refractivity contribution in [3.05, 3.63) is 42.1 Å². The van der Waals surface area contributed by atoms with E-state index in [9.17, 15) is 21.6 Å². The van der Waals surface area contributed by atoms with Gasteiger partial charge in [0.05, 0.1) is 11.2 Å². The van der Waals surface area contributed by atoms with Crippen molar-refractivity contribution < 1.29 is 26.3 Å². The van der Waals surface area contributed by atoms with Crippen molar-refractivity contribution >= 4 is 20.9 Å². The highest BCUT2D eigenvalue weighted by atomic mass is 32.2. The Balaban J connectivity index is 2.07. The highest BCUT2D eigenvalue weighted by molar-refractivity contribution is 7.88. The molecule has 2 aromatic rings. The molecule has 0 radical (unpaired) electrons. The summed E-state index contributed by atoms with van der Waals surface area (Å²) >= 11 is 0. The van der Waals surface area contributed by atoms with Crippen molar-refractivity contribution in [1.29, 1.82) is 0 Å². The van der Waals surface area contributed by atoms with Crippen LogP contribution in [0.2, 0.25) is 0 Å². The second-order valence-electron chi connectivity index (χ2n) is 4.87. The predicted octanol–water partition coefficient (Wildman–Crippen LogP) is 2.23. The van der Waals surface area contributed by atoms with Crippen LogP contribution in [0.25, 0.3) is 10.9 Å². The van der Waals surface area contributed by atoms with E-state index in [1.165, 1.54) is 6.07 Å². The second kappa shape index (κ2) is 6.81. The Morgan fingerprint density at radius 3 is 2.57 bits per heavy atom. The van der Waals surface area contributed by atoms with Gasteiger partial charge in [0, 0.05) is 19.0 Å². The van der Waals surface area contributed by atoms with Crippen molar-refractivity contribution in [1.82, 2.24) is 9.71 Å². The number of ether oxygens (including phenoxy) is 1. The first-order valence-electron chi connectivity index (χ1n) is 6.63. The van der Waals surface area contributed by atoms with Crippen molar-refractivity contribution in [2.75, 3.05) is 13.7 Å². The van der Waals surface area contributed by atoms with E-state index in [2.05, 4.69) is 9.72 Å². The molecule has 0 spiro atoms. The van der Waals surface area contributed by atoms with Gasteiger partial charge in [-0.2, -0.15) is 13.2 Å². The Labute approximate surface area is 131 Å². The average Bonchev–Trinajstić information content (AvgIpc) is 2.45. The molecule has 1 aromatic carbocycles. The van der Waals surface area contributed by atoms with Crippen LogP contribution in [0.1, 0.15) is 5.69 Å². The smallest absolute Gasteiger partial charge is 0.371 e. The predicted molar refractivity (Wildman–Crippen MR) is 79.2 cm³/mol. The number of rotatable bonds is 6. The number of pyridine rings is 1. The van der Waals surface area contributed by atoms with E-state index < -0.39 is 34.6 Å². The van der Waals surface area contributed by atoms with Crippen LogP contribution in [0.4, 0.5) is 13.2 Å². The van der Waals surface area contributed by atoms with Gasteiger partial charge < -0.3 is 4.74 Å². The SMILES string of the molecule is COC(CNS(=O)(=O)Cc1ccc2ccccc2n1)C(F)(F)F. The fourth-order valence-electron chi connectivity index (χ4n) is 1.97. The summed E-state index contributed by atoms with van der Waals surface area (Å²) in [4.78, 5) is 4.18. The Bertz CT molecular complexity index is 778. The second-order valence-corrected chi connectivity index (χ2v) is 6.68. The molecule has 9 heteroatoms. The van der Waals surface area contributed by atoms with E-state index >= 15 is 0 Å². The van der Waals surface area contributed by atoms with E-state index in [-0.39, 0.29) is 5.69 Å². The van der Waals surface area contributed by atoms with Crippen molar-refractivity contribution in [3.63, 3.8) is 0 Å². The number of hydrogen-bond donors (Lipinski definition) is 1. The first kappa shape index (κ1) is 17.6. The fourth-order valence-corrected chi connectivity index (χ4v) is 3.03. The van der Waals surface area contributed by atoms with E-state index in [1.54, 1.807) is 18.2 Å². The zero-order chi connectivity index (χ0) is 17.1. The highest BCUT2D eigenvalue weighted by Gasteiger charge is 2.40. The van der Waals surface area contributed by atoms with Gasteiger partial charge in [-0.25, -0.2) is 13.1 Å². The third-order valence-electron chi connectivity index (χ3n) is 3.13. The molecule has 0 aliphatic heterocycles. The van der Waals surface area contributed by atoms with Crippen molar-refractivity contribution in [3.8, 4) is 0 Å². The van der Waals surface area contributed by atoms with Gasteiger partial charge in [-0.05, 0) is 12.1 Å². The Morgan fingerprint density at radius 1 is 1.22 bits per heavy atom. The van der Waals surface area contributed by atoms with Gasteiger partial charge in [0.2, 0.25) is 10.0 Å². The molecule has 1 unspecified atom stereocenters. The van der Waals surface area contributed by atoms with Gasteiger partial charge >= 0.3 is 6.18 Å². The summed E-state index contributed by atoms with van der Waals surface area (Å²) in [6.45, 7) is -0.879. The molecule has 1 N–H and O–H groups in total. The minimum atomic E-state index is -4.64. The van der Waals surface area contributed by atoms with Gasteiger partial charge in [-0.15, -0.1) is 0 Å². The number of benzene rings is 1. The van der Waals surface area contributed by atoms with Gasteiger partial charge in [0.1, 0.15) is 5.75 Å². The maximum atomic E-state index is 12.5. The number of halogens is 3. The number of aromatic nitrogens is 1. The largest absolute Gasteiger partial charge is 0.415 e. The molecule has 0 amide bonds. The summed E-state index contributed by atoms with van der Waals surface area (Å²) in [6.07, 6.45) is -6.83. The zero-order valence-corrected chi connectivity index (χ0v) is 13.0. The van der Waals surface area contributed by atoms with Gasteiger partial charge in [-0.3, -0.25) is 4.98 Å². The number of nitrogens with zero attached hydrogens (tertiary/aromatic N) is 1. The highest BCUT2D eigenvalue weighted by Crippen LogP contribution is 2.22. The minimum absolute atomic E-state index is 0.247. The van der Waals surface area contributed by atoms with Crippen molar-refractivity contribution in [2.45, 2.75) is 18.0 Å². The number of para-hydroxylation sites is 1. The molecule has 0 aliphatic carbocycles. The molecule has 1 heterocycles. The fraction of sp³-hybridized carbons (Fsp3) is 0.357. The summed E-state index contributed by atoms with van der Waals surface area (Å²) < 4.78 is 67.5. The Morgan fingerprint density at radius 2 is 1.91 bits per heavy atom. The lowest BCUT2D eigenvalue weighted by Crippen LogP contribution is -2.42. The van der Waals surface area contributed by atoms with E-state index in [0.717, 1.165) is 12.5 Å². The molecule has 5 nitrogen and oxygen atoms in total.